The van der Waals surface area contributed by atoms with Gasteiger partial charge in [0.2, 0.25) is 11.7 Å². The molecular weight excluding hydrogens is 296 g/mol. The molecule has 2 rings (SSSR count). The number of amides is 1. The molecule has 0 saturated heterocycles. The lowest BCUT2D eigenvalue weighted by molar-refractivity contribution is -0.113. The van der Waals surface area contributed by atoms with E-state index in [0.29, 0.717) is 16.9 Å². The topological polar surface area (TPSA) is 62.0 Å². The predicted molar refractivity (Wildman–Crippen MR) is 73.1 cm³/mol. The summed E-state index contributed by atoms with van der Waals surface area (Å²) in [5.74, 6) is -0.341. The molecule has 0 unspecified atom stereocenters. The molecule has 0 saturated carbocycles. The summed E-state index contributed by atoms with van der Waals surface area (Å²) < 4.78 is 0. The van der Waals surface area contributed by atoms with Gasteiger partial charge in [-0.15, -0.1) is 0 Å². The fraction of sp³-hybridized carbons (Fsp3) is 0.0769. The van der Waals surface area contributed by atoms with Crippen molar-refractivity contribution in [3.8, 4) is 0 Å². The number of ketones is 1. The van der Waals surface area contributed by atoms with E-state index in [2.05, 4.69) is 26.2 Å². The largest absolute Gasteiger partial charge is 0.359 e. The van der Waals surface area contributed by atoms with Crippen molar-refractivity contribution in [2.75, 3.05) is 10.6 Å². The van der Waals surface area contributed by atoms with Gasteiger partial charge < -0.3 is 10.3 Å². The summed E-state index contributed by atoms with van der Waals surface area (Å²) in [6, 6.07) is 10.4. The number of hydrogen-bond donors (Lipinski definition) is 2. The first-order valence-electron chi connectivity index (χ1n) is 5.35. The number of alkyl halides is 1. The van der Waals surface area contributed by atoms with Crippen molar-refractivity contribution in [2.24, 2.45) is 0 Å². The van der Waals surface area contributed by atoms with Crippen molar-refractivity contribution in [1.29, 1.82) is 0 Å². The fourth-order valence-electron chi connectivity index (χ4n) is 1.59. The molecule has 0 bridgehead atoms. The normalized spacial score (nSPS) is 10.1. The summed E-state index contributed by atoms with van der Waals surface area (Å²) in [5.41, 5.74) is 1.48. The fourth-order valence-corrected chi connectivity index (χ4v) is 1.73. The summed E-state index contributed by atoms with van der Waals surface area (Å²) in [6.07, 6.45) is 1.69. The molecule has 0 radical (unpaired) electrons. The molecule has 0 fully saturated rings. The Morgan fingerprint density at radius 2 is 1.94 bits per heavy atom. The molecule has 2 aromatic rings. The summed E-state index contributed by atoms with van der Waals surface area (Å²) in [7, 11) is 0. The van der Waals surface area contributed by atoms with E-state index in [9.17, 15) is 9.59 Å². The molecule has 1 heterocycles. The number of H-pyrrole nitrogens is 1. The van der Waals surface area contributed by atoms with E-state index >= 15 is 0 Å². The highest BCUT2D eigenvalue weighted by atomic mass is 79.9. The van der Waals surface area contributed by atoms with Crippen LogP contribution in [0.2, 0.25) is 0 Å². The highest BCUT2D eigenvalue weighted by molar-refractivity contribution is 9.09. The summed E-state index contributed by atoms with van der Waals surface area (Å²) >= 11 is 3.07. The lowest BCUT2D eigenvalue weighted by Gasteiger charge is -2.08. The summed E-state index contributed by atoms with van der Waals surface area (Å²) in [5, 5.41) is 2.88. The summed E-state index contributed by atoms with van der Waals surface area (Å²) in [6.45, 7) is 0. The molecular formula is C13H11BrN2O2. The van der Waals surface area contributed by atoms with Crippen molar-refractivity contribution in [3.05, 3.63) is 53.9 Å². The number of halogens is 1. The van der Waals surface area contributed by atoms with Crippen molar-refractivity contribution in [2.45, 2.75) is 0 Å². The van der Waals surface area contributed by atoms with Gasteiger partial charge in [-0.05, 0) is 24.3 Å². The monoisotopic (exact) mass is 306 g/mol. The lowest BCUT2D eigenvalue weighted by Crippen LogP contribution is -2.15. The zero-order valence-corrected chi connectivity index (χ0v) is 11.0. The van der Waals surface area contributed by atoms with Crippen LogP contribution in [0.1, 0.15) is 16.1 Å². The Bertz CT molecular complexity index is 564. The number of nitrogens with one attached hydrogen (secondary N) is 2. The van der Waals surface area contributed by atoms with E-state index in [0.717, 1.165) is 0 Å². The molecule has 5 heteroatoms. The van der Waals surface area contributed by atoms with Crippen molar-refractivity contribution in [3.63, 3.8) is 0 Å². The zero-order valence-electron chi connectivity index (χ0n) is 9.44. The van der Waals surface area contributed by atoms with Gasteiger partial charge in [-0.3, -0.25) is 9.59 Å². The van der Waals surface area contributed by atoms with Crippen molar-refractivity contribution < 1.29 is 9.59 Å². The Labute approximate surface area is 113 Å². The first-order chi connectivity index (χ1) is 8.72. The van der Waals surface area contributed by atoms with Crippen LogP contribution in [0.15, 0.2) is 42.6 Å². The van der Waals surface area contributed by atoms with Crippen LogP contribution in [-0.2, 0) is 4.79 Å². The van der Waals surface area contributed by atoms with Crippen LogP contribution in [0.3, 0.4) is 0 Å². The number of anilines is 1. The van der Waals surface area contributed by atoms with Gasteiger partial charge in [-0.1, -0.05) is 28.1 Å². The second-order valence-corrected chi connectivity index (χ2v) is 4.20. The Morgan fingerprint density at radius 1 is 1.17 bits per heavy atom. The molecule has 0 atom stereocenters. The number of carbonyl (C=O) groups excluding carboxylic acids is 2. The Hall–Kier alpha value is -1.88. The number of para-hydroxylation sites is 1. The van der Waals surface area contributed by atoms with Crippen LogP contribution in [0.5, 0.6) is 0 Å². The highest BCUT2D eigenvalue weighted by Gasteiger charge is 2.14. The number of aromatic nitrogens is 1. The third-order valence-electron chi connectivity index (χ3n) is 2.41. The first kappa shape index (κ1) is 12.6. The maximum atomic E-state index is 12.2. The first-order valence-corrected chi connectivity index (χ1v) is 6.47. The number of aromatic amines is 1. The Kier molecular flexibility index (Phi) is 3.94. The van der Waals surface area contributed by atoms with Crippen LogP contribution in [0.25, 0.3) is 0 Å². The minimum atomic E-state index is -0.193. The Balaban J connectivity index is 2.33. The average Bonchev–Trinajstić information content (AvgIpc) is 2.92. The van der Waals surface area contributed by atoms with Crippen LogP contribution < -0.4 is 5.32 Å². The van der Waals surface area contributed by atoms with Crippen LogP contribution in [0.4, 0.5) is 5.69 Å². The van der Waals surface area contributed by atoms with Gasteiger partial charge in [-0.25, -0.2) is 0 Å². The number of carbonyl (C=O) groups is 2. The molecule has 92 valence electrons. The van der Waals surface area contributed by atoms with Crippen molar-refractivity contribution in [1.82, 2.24) is 4.98 Å². The second-order valence-electron chi connectivity index (χ2n) is 3.64. The minimum absolute atomic E-state index is 0.148. The SMILES string of the molecule is O=C(CBr)Nc1ccccc1C(=O)c1ccc[nH]1. The predicted octanol–water partition coefficient (Wildman–Crippen LogP) is 2.58. The quantitative estimate of drug-likeness (QED) is 0.673. The van der Waals surface area contributed by atoms with E-state index in [4.69, 9.17) is 0 Å². The molecule has 0 aliphatic heterocycles. The molecule has 1 aromatic heterocycles. The van der Waals surface area contributed by atoms with Crippen LogP contribution >= 0.6 is 15.9 Å². The maximum Gasteiger partial charge on any atom is 0.235 e. The highest BCUT2D eigenvalue weighted by Crippen LogP contribution is 2.18. The lowest BCUT2D eigenvalue weighted by atomic mass is 10.1. The molecule has 0 spiro atoms. The van der Waals surface area contributed by atoms with Gasteiger partial charge in [0, 0.05) is 11.8 Å². The van der Waals surface area contributed by atoms with E-state index in [1.165, 1.54) is 0 Å². The van der Waals surface area contributed by atoms with Crippen LogP contribution in [-0.4, -0.2) is 22.0 Å². The number of hydrogen-bond acceptors (Lipinski definition) is 2. The zero-order chi connectivity index (χ0) is 13.0. The molecule has 2 N–H and O–H groups in total. The van der Waals surface area contributed by atoms with E-state index in [-0.39, 0.29) is 17.0 Å². The minimum Gasteiger partial charge on any atom is -0.359 e. The molecule has 0 aliphatic rings. The van der Waals surface area contributed by atoms with E-state index in [1.54, 1.807) is 42.6 Å². The molecule has 1 amide bonds. The second kappa shape index (κ2) is 5.64. The molecule has 18 heavy (non-hydrogen) atoms. The van der Waals surface area contributed by atoms with Gasteiger partial charge in [0.05, 0.1) is 16.7 Å². The molecule has 0 aliphatic carbocycles. The van der Waals surface area contributed by atoms with E-state index in [1.807, 2.05) is 0 Å². The van der Waals surface area contributed by atoms with E-state index < -0.39 is 0 Å². The third kappa shape index (κ3) is 2.68. The van der Waals surface area contributed by atoms with Gasteiger partial charge in [0.25, 0.3) is 0 Å². The standard InChI is InChI=1S/C13H11BrN2O2/c14-8-12(17)16-10-5-2-1-4-9(10)13(18)11-6-3-7-15-11/h1-7,15H,8H2,(H,16,17). The van der Waals surface area contributed by atoms with Gasteiger partial charge in [0.1, 0.15) is 0 Å². The number of benzene rings is 1. The van der Waals surface area contributed by atoms with Crippen molar-refractivity contribution >= 4 is 33.3 Å². The smallest absolute Gasteiger partial charge is 0.235 e. The van der Waals surface area contributed by atoms with Gasteiger partial charge >= 0.3 is 0 Å². The summed E-state index contributed by atoms with van der Waals surface area (Å²) in [4.78, 5) is 26.4. The number of rotatable bonds is 4. The molecule has 1 aromatic carbocycles. The molecule has 4 nitrogen and oxygen atoms in total. The maximum absolute atomic E-state index is 12.2. The van der Waals surface area contributed by atoms with Gasteiger partial charge in [-0.2, -0.15) is 0 Å². The average molecular weight is 307 g/mol. The third-order valence-corrected chi connectivity index (χ3v) is 2.92. The van der Waals surface area contributed by atoms with Gasteiger partial charge in [0.15, 0.2) is 0 Å². The van der Waals surface area contributed by atoms with Crippen LogP contribution in [0, 0.1) is 0 Å². The Morgan fingerprint density at radius 3 is 2.61 bits per heavy atom.